The molecule has 0 aliphatic rings. The van der Waals surface area contributed by atoms with Crippen LogP contribution in [0, 0.1) is 12.7 Å². The van der Waals surface area contributed by atoms with Gasteiger partial charge < -0.3 is 10.1 Å². The van der Waals surface area contributed by atoms with Crippen molar-refractivity contribution in [3.8, 4) is 0 Å². The van der Waals surface area contributed by atoms with E-state index in [9.17, 15) is 4.39 Å². The van der Waals surface area contributed by atoms with Crippen molar-refractivity contribution in [3.63, 3.8) is 0 Å². The highest BCUT2D eigenvalue weighted by Gasteiger charge is 2.06. The number of hydrogen-bond acceptors (Lipinski definition) is 3. The summed E-state index contributed by atoms with van der Waals surface area (Å²) in [5.74, 6) is -0.403. The second-order valence-electron chi connectivity index (χ2n) is 4.86. The van der Waals surface area contributed by atoms with Crippen LogP contribution in [0.2, 0.25) is 5.02 Å². The zero-order valence-electron chi connectivity index (χ0n) is 12.2. The van der Waals surface area contributed by atoms with E-state index in [1.165, 1.54) is 6.07 Å². The first kappa shape index (κ1) is 15.9. The van der Waals surface area contributed by atoms with Gasteiger partial charge in [-0.15, -0.1) is 0 Å². The summed E-state index contributed by atoms with van der Waals surface area (Å²) < 4.78 is 20.0. The summed E-state index contributed by atoms with van der Waals surface area (Å²) in [6.45, 7) is 4.77. The first-order valence-electron chi connectivity index (χ1n) is 6.76. The molecule has 0 bridgehead atoms. The highest BCUT2D eigenvalue weighted by atomic mass is 35.5. The molecule has 0 aliphatic carbocycles. The molecule has 2 rings (SSSR count). The molecular weight excluding hydrogens is 293 g/mol. The average Bonchev–Trinajstić information content (AvgIpc) is 2.79. The van der Waals surface area contributed by atoms with E-state index in [2.05, 4.69) is 10.4 Å². The molecular formula is C15H19ClFN3O. The van der Waals surface area contributed by atoms with Crippen molar-refractivity contribution in [1.82, 2.24) is 15.1 Å². The van der Waals surface area contributed by atoms with Crippen molar-refractivity contribution >= 4 is 11.6 Å². The van der Waals surface area contributed by atoms with Gasteiger partial charge in [0, 0.05) is 32.0 Å². The van der Waals surface area contributed by atoms with E-state index in [1.807, 2.05) is 17.8 Å². The van der Waals surface area contributed by atoms with Crippen molar-refractivity contribution in [3.05, 3.63) is 52.1 Å². The SMILES string of the molecule is COCCNCc1cn(Cc2ccc(F)c(Cl)c2)nc1C. The maximum Gasteiger partial charge on any atom is 0.141 e. The van der Waals surface area contributed by atoms with Crippen molar-refractivity contribution < 1.29 is 9.13 Å². The van der Waals surface area contributed by atoms with E-state index in [0.717, 1.165) is 29.9 Å². The van der Waals surface area contributed by atoms with Crippen molar-refractivity contribution in [1.29, 1.82) is 0 Å². The Bertz CT molecular complexity index is 601. The Hall–Kier alpha value is -1.43. The molecule has 0 unspecified atom stereocenters. The fourth-order valence-electron chi connectivity index (χ4n) is 2.04. The van der Waals surface area contributed by atoms with Gasteiger partial charge in [-0.25, -0.2) is 4.39 Å². The van der Waals surface area contributed by atoms with Crippen molar-refractivity contribution in [2.45, 2.75) is 20.0 Å². The molecule has 4 nitrogen and oxygen atoms in total. The monoisotopic (exact) mass is 311 g/mol. The Morgan fingerprint density at radius 2 is 2.24 bits per heavy atom. The number of nitrogens with zero attached hydrogens (tertiary/aromatic N) is 2. The van der Waals surface area contributed by atoms with E-state index >= 15 is 0 Å². The number of benzene rings is 1. The fraction of sp³-hybridized carbons (Fsp3) is 0.400. The lowest BCUT2D eigenvalue weighted by molar-refractivity contribution is 0.199. The molecule has 6 heteroatoms. The molecule has 0 aliphatic heterocycles. The lowest BCUT2D eigenvalue weighted by atomic mass is 10.2. The number of methoxy groups -OCH3 is 1. The number of halogens is 2. The largest absolute Gasteiger partial charge is 0.383 e. The summed E-state index contributed by atoms with van der Waals surface area (Å²) in [4.78, 5) is 0. The third kappa shape index (κ3) is 4.52. The molecule has 0 spiro atoms. The molecule has 0 radical (unpaired) electrons. The summed E-state index contributed by atoms with van der Waals surface area (Å²) in [5.41, 5.74) is 3.04. The molecule has 0 atom stereocenters. The quantitative estimate of drug-likeness (QED) is 0.799. The highest BCUT2D eigenvalue weighted by molar-refractivity contribution is 6.30. The minimum absolute atomic E-state index is 0.137. The first-order valence-corrected chi connectivity index (χ1v) is 7.14. The maximum atomic E-state index is 13.1. The van der Waals surface area contributed by atoms with Crippen LogP contribution in [-0.4, -0.2) is 30.0 Å². The molecule has 1 aromatic carbocycles. The molecule has 21 heavy (non-hydrogen) atoms. The van der Waals surface area contributed by atoms with Gasteiger partial charge in [0.2, 0.25) is 0 Å². The summed E-state index contributed by atoms with van der Waals surface area (Å²) in [6.07, 6.45) is 1.99. The summed E-state index contributed by atoms with van der Waals surface area (Å²) in [5, 5.41) is 7.89. The van der Waals surface area contributed by atoms with Gasteiger partial charge in [-0.1, -0.05) is 17.7 Å². The van der Waals surface area contributed by atoms with Crippen LogP contribution in [0.1, 0.15) is 16.8 Å². The summed E-state index contributed by atoms with van der Waals surface area (Å²) in [7, 11) is 1.68. The molecule has 114 valence electrons. The van der Waals surface area contributed by atoms with Crippen molar-refractivity contribution in [2.24, 2.45) is 0 Å². The molecule has 1 N–H and O–H groups in total. The topological polar surface area (TPSA) is 39.1 Å². The van der Waals surface area contributed by atoms with Crippen LogP contribution < -0.4 is 5.32 Å². The lowest BCUT2D eigenvalue weighted by Crippen LogP contribution is -2.18. The first-order chi connectivity index (χ1) is 10.1. The fourth-order valence-corrected chi connectivity index (χ4v) is 2.24. The number of rotatable bonds is 7. The van der Waals surface area contributed by atoms with Crippen LogP contribution in [0.25, 0.3) is 0 Å². The number of nitrogens with one attached hydrogen (secondary N) is 1. The van der Waals surface area contributed by atoms with E-state index < -0.39 is 5.82 Å². The van der Waals surface area contributed by atoms with Gasteiger partial charge in [0.15, 0.2) is 0 Å². The Kier molecular flexibility index (Phi) is 5.73. The van der Waals surface area contributed by atoms with Crippen LogP contribution in [0.4, 0.5) is 4.39 Å². The predicted molar refractivity (Wildman–Crippen MR) is 81.1 cm³/mol. The number of hydrogen-bond donors (Lipinski definition) is 1. The van der Waals surface area contributed by atoms with Gasteiger partial charge in [-0.05, 0) is 24.6 Å². The molecule has 0 fully saturated rings. The molecule has 1 heterocycles. The molecule has 2 aromatic rings. The summed E-state index contributed by atoms with van der Waals surface area (Å²) >= 11 is 5.79. The minimum Gasteiger partial charge on any atom is -0.383 e. The Morgan fingerprint density at radius 1 is 1.43 bits per heavy atom. The van der Waals surface area contributed by atoms with Crippen LogP contribution in [0.5, 0.6) is 0 Å². The Labute approximate surface area is 128 Å². The number of ether oxygens (including phenoxy) is 1. The normalized spacial score (nSPS) is 11.0. The standard InChI is InChI=1S/C15H19ClFN3O/c1-11-13(8-18-5-6-21-2)10-20(19-11)9-12-3-4-15(17)14(16)7-12/h3-4,7,10,18H,5-6,8-9H2,1-2H3. The molecule has 1 aromatic heterocycles. The number of aromatic nitrogens is 2. The Morgan fingerprint density at radius 3 is 2.95 bits per heavy atom. The lowest BCUT2D eigenvalue weighted by Gasteiger charge is -2.03. The second kappa shape index (κ2) is 7.54. The Balaban J connectivity index is 1.99. The van der Waals surface area contributed by atoms with Crippen molar-refractivity contribution in [2.75, 3.05) is 20.3 Å². The van der Waals surface area contributed by atoms with E-state index in [0.29, 0.717) is 13.2 Å². The van der Waals surface area contributed by atoms with Crippen LogP contribution in [0.15, 0.2) is 24.4 Å². The van der Waals surface area contributed by atoms with E-state index in [1.54, 1.807) is 19.2 Å². The van der Waals surface area contributed by atoms with E-state index in [4.69, 9.17) is 16.3 Å². The molecule has 0 saturated carbocycles. The predicted octanol–water partition coefficient (Wildman–Crippen LogP) is 2.77. The van der Waals surface area contributed by atoms with Crippen LogP contribution in [-0.2, 0) is 17.8 Å². The van der Waals surface area contributed by atoms with Crippen LogP contribution in [0.3, 0.4) is 0 Å². The summed E-state index contributed by atoms with van der Waals surface area (Å²) in [6, 6.07) is 4.72. The van der Waals surface area contributed by atoms with Gasteiger partial charge in [0.1, 0.15) is 5.82 Å². The third-order valence-electron chi connectivity index (χ3n) is 3.18. The number of aryl methyl sites for hydroxylation is 1. The van der Waals surface area contributed by atoms with Gasteiger partial charge in [0.05, 0.1) is 23.9 Å². The zero-order valence-corrected chi connectivity index (χ0v) is 13.0. The molecule has 0 amide bonds. The van der Waals surface area contributed by atoms with E-state index in [-0.39, 0.29) is 5.02 Å². The van der Waals surface area contributed by atoms with Gasteiger partial charge >= 0.3 is 0 Å². The van der Waals surface area contributed by atoms with Gasteiger partial charge in [0.25, 0.3) is 0 Å². The molecule has 0 saturated heterocycles. The average molecular weight is 312 g/mol. The van der Waals surface area contributed by atoms with Gasteiger partial charge in [-0.2, -0.15) is 5.10 Å². The maximum absolute atomic E-state index is 13.1. The minimum atomic E-state index is -0.403. The third-order valence-corrected chi connectivity index (χ3v) is 3.46. The smallest absolute Gasteiger partial charge is 0.141 e. The second-order valence-corrected chi connectivity index (χ2v) is 5.26. The van der Waals surface area contributed by atoms with Crippen LogP contribution >= 0.6 is 11.6 Å². The van der Waals surface area contributed by atoms with Gasteiger partial charge in [-0.3, -0.25) is 4.68 Å². The highest BCUT2D eigenvalue weighted by Crippen LogP contribution is 2.17. The zero-order chi connectivity index (χ0) is 15.2.